The van der Waals surface area contributed by atoms with Crippen molar-refractivity contribution in [1.82, 2.24) is 25.0 Å². The second-order valence-corrected chi connectivity index (χ2v) is 4.07. The average Bonchev–Trinajstić information content (AvgIpc) is 2.87. The van der Waals surface area contributed by atoms with Crippen molar-refractivity contribution in [2.45, 2.75) is 26.4 Å². The zero-order chi connectivity index (χ0) is 12.4. The topological polar surface area (TPSA) is 73.7 Å². The molecule has 1 unspecified atom stereocenters. The Kier molecular flexibility index (Phi) is 3.26. The zero-order valence-corrected chi connectivity index (χ0v) is 10.4. The van der Waals surface area contributed by atoms with Crippen LogP contribution in [0.5, 0.6) is 0 Å². The van der Waals surface area contributed by atoms with Gasteiger partial charge in [-0.15, -0.1) is 0 Å². The first kappa shape index (κ1) is 11.8. The van der Waals surface area contributed by atoms with E-state index in [1.807, 2.05) is 37.1 Å². The van der Waals surface area contributed by atoms with Gasteiger partial charge in [-0.05, 0) is 19.9 Å². The second-order valence-electron chi connectivity index (χ2n) is 4.07. The molecule has 17 heavy (non-hydrogen) atoms. The number of nitrogens with one attached hydrogen (secondary N) is 1. The molecule has 0 amide bonds. The fourth-order valence-electron chi connectivity index (χ4n) is 1.99. The van der Waals surface area contributed by atoms with Crippen molar-refractivity contribution in [1.29, 1.82) is 0 Å². The van der Waals surface area contributed by atoms with Crippen molar-refractivity contribution in [2.24, 2.45) is 12.9 Å². The Bertz CT molecular complexity index is 498. The van der Waals surface area contributed by atoms with Crippen LogP contribution in [-0.2, 0) is 13.6 Å². The highest BCUT2D eigenvalue weighted by molar-refractivity contribution is 5.25. The SMILES string of the molecule is CCn1nc(C)cc1C(NN)c1cnn(C)c1. The quantitative estimate of drug-likeness (QED) is 0.596. The molecule has 1 atom stereocenters. The molecular weight excluding hydrogens is 216 g/mol. The third kappa shape index (κ3) is 2.22. The minimum atomic E-state index is -0.0788. The van der Waals surface area contributed by atoms with E-state index >= 15 is 0 Å². The normalized spacial score (nSPS) is 12.9. The maximum Gasteiger partial charge on any atom is 0.0908 e. The van der Waals surface area contributed by atoms with Gasteiger partial charge in [0.25, 0.3) is 0 Å². The van der Waals surface area contributed by atoms with Crippen LogP contribution in [0.25, 0.3) is 0 Å². The van der Waals surface area contributed by atoms with Crippen LogP contribution in [0.3, 0.4) is 0 Å². The monoisotopic (exact) mass is 234 g/mol. The molecule has 0 aliphatic carbocycles. The van der Waals surface area contributed by atoms with E-state index in [1.165, 1.54) is 0 Å². The van der Waals surface area contributed by atoms with Gasteiger partial charge >= 0.3 is 0 Å². The molecule has 6 heteroatoms. The number of rotatable bonds is 4. The molecule has 2 heterocycles. The van der Waals surface area contributed by atoms with Crippen LogP contribution in [0, 0.1) is 6.92 Å². The van der Waals surface area contributed by atoms with E-state index in [9.17, 15) is 0 Å². The molecule has 3 N–H and O–H groups in total. The van der Waals surface area contributed by atoms with Gasteiger partial charge in [-0.25, -0.2) is 5.43 Å². The molecule has 2 rings (SSSR count). The van der Waals surface area contributed by atoms with Crippen LogP contribution in [0.2, 0.25) is 0 Å². The molecule has 6 nitrogen and oxygen atoms in total. The van der Waals surface area contributed by atoms with Gasteiger partial charge in [0.05, 0.1) is 23.6 Å². The van der Waals surface area contributed by atoms with Gasteiger partial charge in [0.2, 0.25) is 0 Å². The van der Waals surface area contributed by atoms with Crippen molar-refractivity contribution in [3.8, 4) is 0 Å². The molecule has 0 spiro atoms. The number of nitrogens with two attached hydrogens (primary N) is 1. The van der Waals surface area contributed by atoms with Crippen LogP contribution >= 0.6 is 0 Å². The minimum absolute atomic E-state index is 0.0788. The van der Waals surface area contributed by atoms with Crippen molar-refractivity contribution in [2.75, 3.05) is 0 Å². The summed E-state index contributed by atoms with van der Waals surface area (Å²) in [6.07, 6.45) is 3.76. The molecule has 2 aromatic heterocycles. The van der Waals surface area contributed by atoms with Gasteiger partial charge in [0.1, 0.15) is 0 Å². The van der Waals surface area contributed by atoms with Gasteiger partial charge < -0.3 is 0 Å². The summed E-state index contributed by atoms with van der Waals surface area (Å²) in [4.78, 5) is 0. The number of aromatic nitrogens is 4. The fraction of sp³-hybridized carbons (Fsp3) is 0.455. The zero-order valence-electron chi connectivity index (χ0n) is 10.4. The molecular formula is C11H18N6. The van der Waals surface area contributed by atoms with Crippen LogP contribution < -0.4 is 11.3 Å². The van der Waals surface area contributed by atoms with E-state index in [1.54, 1.807) is 4.68 Å². The van der Waals surface area contributed by atoms with E-state index < -0.39 is 0 Å². The number of nitrogens with zero attached hydrogens (tertiary/aromatic N) is 4. The first-order valence-corrected chi connectivity index (χ1v) is 5.64. The van der Waals surface area contributed by atoms with Crippen LogP contribution in [0.4, 0.5) is 0 Å². The lowest BCUT2D eigenvalue weighted by Gasteiger charge is -2.15. The van der Waals surface area contributed by atoms with Crippen molar-refractivity contribution >= 4 is 0 Å². The molecule has 0 aliphatic heterocycles. The van der Waals surface area contributed by atoms with Crippen LogP contribution in [0.1, 0.15) is 29.9 Å². The van der Waals surface area contributed by atoms with Crippen molar-refractivity contribution in [3.63, 3.8) is 0 Å². The summed E-state index contributed by atoms with van der Waals surface area (Å²) in [5.41, 5.74) is 5.90. The summed E-state index contributed by atoms with van der Waals surface area (Å²) in [6.45, 7) is 4.86. The summed E-state index contributed by atoms with van der Waals surface area (Å²) in [5.74, 6) is 5.65. The maximum atomic E-state index is 5.65. The van der Waals surface area contributed by atoms with Gasteiger partial charge in [-0.3, -0.25) is 15.2 Å². The van der Waals surface area contributed by atoms with E-state index in [0.29, 0.717) is 0 Å². The maximum absolute atomic E-state index is 5.65. The van der Waals surface area contributed by atoms with Gasteiger partial charge in [0, 0.05) is 25.4 Å². The first-order chi connectivity index (χ1) is 8.15. The number of hydrazine groups is 1. The van der Waals surface area contributed by atoms with Crippen LogP contribution in [-0.4, -0.2) is 19.6 Å². The summed E-state index contributed by atoms with van der Waals surface area (Å²) in [6, 6.07) is 1.96. The lowest BCUT2D eigenvalue weighted by atomic mass is 10.1. The Morgan fingerprint density at radius 3 is 2.82 bits per heavy atom. The minimum Gasteiger partial charge on any atom is -0.275 e. The van der Waals surface area contributed by atoms with Gasteiger partial charge in [0.15, 0.2) is 0 Å². The molecule has 2 aromatic rings. The highest BCUT2D eigenvalue weighted by Crippen LogP contribution is 2.21. The van der Waals surface area contributed by atoms with Gasteiger partial charge in [-0.1, -0.05) is 0 Å². The molecule has 0 saturated carbocycles. The lowest BCUT2D eigenvalue weighted by Crippen LogP contribution is -2.30. The lowest BCUT2D eigenvalue weighted by molar-refractivity contribution is 0.542. The van der Waals surface area contributed by atoms with Crippen molar-refractivity contribution < 1.29 is 0 Å². The Balaban J connectivity index is 2.41. The molecule has 0 aromatic carbocycles. The Hall–Kier alpha value is -1.66. The van der Waals surface area contributed by atoms with Gasteiger partial charge in [-0.2, -0.15) is 10.2 Å². The average molecular weight is 234 g/mol. The molecule has 0 radical (unpaired) electrons. The second kappa shape index (κ2) is 4.68. The highest BCUT2D eigenvalue weighted by Gasteiger charge is 2.18. The standard InChI is InChI=1S/C11H18N6/c1-4-17-10(5-8(2)15-17)11(14-12)9-6-13-16(3)7-9/h5-7,11,14H,4,12H2,1-3H3. The Morgan fingerprint density at radius 2 is 2.29 bits per heavy atom. The van der Waals surface area contributed by atoms with Crippen molar-refractivity contribution in [3.05, 3.63) is 35.4 Å². The highest BCUT2D eigenvalue weighted by atomic mass is 15.3. The summed E-state index contributed by atoms with van der Waals surface area (Å²) in [7, 11) is 1.89. The number of aryl methyl sites for hydroxylation is 3. The summed E-state index contributed by atoms with van der Waals surface area (Å²) >= 11 is 0. The Morgan fingerprint density at radius 1 is 1.53 bits per heavy atom. The summed E-state index contributed by atoms with van der Waals surface area (Å²) < 4.78 is 3.71. The largest absolute Gasteiger partial charge is 0.275 e. The van der Waals surface area contributed by atoms with E-state index in [-0.39, 0.29) is 6.04 Å². The fourth-order valence-corrected chi connectivity index (χ4v) is 1.99. The molecule has 92 valence electrons. The van der Waals surface area contributed by atoms with Crippen LogP contribution in [0.15, 0.2) is 18.5 Å². The molecule has 0 aliphatic rings. The smallest absolute Gasteiger partial charge is 0.0908 e. The molecule has 0 saturated heterocycles. The first-order valence-electron chi connectivity index (χ1n) is 5.64. The van der Waals surface area contributed by atoms with E-state index in [2.05, 4.69) is 22.5 Å². The Labute approximate surface area is 100 Å². The van der Waals surface area contributed by atoms with E-state index in [4.69, 9.17) is 5.84 Å². The van der Waals surface area contributed by atoms with E-state index in [0.717, 1.165) is 23.5 Å². The molecule has 0 bridgehead atoms. The number of hydrogen-bond acceptors (Lipinski definition) is 4. The molecule has 0 fully saturated rings. The summed E-state index contributed by atoms with van der Waals surface area (Å²) in [5, 5.41) is 8.59. The number of hydrogen-bond donors (Lipinski definition) is 2. The predicted octanol–water partition coefficient (Wildman–Crippen LogP) is 0.498. The third-order valence-corrected chi connectivity index (χ3v) is 2.75. The predicted molar refractivity (Wildman–Crippen MR) is 65.0 cm³/mol. The third-order valence-electron chi connectivity index (χ3n) is 2.75.